The van der Waals surface area contributed by atoms with E-state index in [0.29, 0.717) is 0 Å². The van der Waals surface area contributed by atoms with E-state index in [4.69, 9.17) is 0 Å². The Labute approximate surface area is 628 Å². The fourth-order valence-corrected chi connectivity index (χ4v) is 19.5. The van der Waals surface area contributed by atoms with E-state index in [2.05, 4.69) is 413 Å². The zero-order chi connectivity index (χ0) is 71.6. The molecule has 510 valence electrons. The molecule has 8 aromatic heterocycles. The topological polar surface area (TPSA) is 39.4 Å². The monoisotopic (exact) mass is 1400 g/mol. The molecule has 0 N–H and O–H groups in total. The van der Waals surface area contributed by atoms with Crippen LogP contribution in [0.1, 0.15) is 0 Å². The molecule has 0 bridgehead atoms. The molecule has 0 saturated carbocycles. The van der Waals surface area contributed by atoms with Crippen molar-refractivity contribution in [2.24, 2.45) is 0 Å². The first-order valence-corrected chi connectivity index (χ1v) is 37.9. The predicted octanol–water partition coefficient (Wildman–Crippen LogP) is 26.5. The molecule has 25 aromatic rings. The summed E-state index contributed by atoms with van der Waals surface area (Å²) in [4.78, 5) is 0. The minimum Gasteiger partial charge on any atom is -0.309 e. The number of hydrogen-bond acceptors (Lipinski definition) is 0. The van der Waals surface area contributed by atoms with Crippen LogP contribution in [0.3, 0.4) is 0 Å². The van der Waals surface area contributed by atoms with Crippen LogP contribution in [0.5, 0.6) is 0 Å². The standard InChI is InChI=1S/C102H62N8/c1-5-29-63(30-6-1)103-83-45-21-13-37-67(83)75-57-95-79(53-91(75)103)71-41-17-25-49-87(71)107(95)99-61-101(109-89-51-27-19-43-73(89)81-55-93-77(59-97(81)109)69-39-15-23-47-85(69)105(93)65-33-9-3-10-34-65)102(110-90-52-28-20-44-74(90)82-56-94-78(60-98(82)110)70-40-16-24-48-86(70)106(94)66-35-11-4-12-36-66)62-100(99)108-88-50-26-18-42-72(88)80-54-92-76(58-96(80)108)68-38-14-22-46-84(68)104(92)64-31-7-2-8-32-64/h1-62H. The Bertz CT molecular complexity index is 7290. The highest BCUT2D eigenvalue weighted by molar-refractivity contribution is 6.25. The largest absolute Gasteiger partial charge is 0.309 e. The molecule has 0 radical (unpaired) electrons. The number of fused-ring (bicyclic) bond motifs is 24. The van der Waals surface area contributed by atoms with Gasteiger partial charge in [-0.1, -0.05) is 218 Å². The molecular formula is C102H62N8. The summed E-state index contributed by atoms with van der Waals surface area (Å²) in [6.07, 6.45) is 0. The summed E-state index contributed by atoms with van der Waals surface area (Å²) in [5.74, 6) is 0. The van der Waals surface area contributed by atoms with Gasteiger partial charge in [0.05, 0.1) is 111 Å². The second kappa shape index (κ2) is 22.4. The van der Waals surface area contributed by atoms with Crippen LogP contribution >= 0.6 is 0 Å². The van der Waals surface area contributed by atoms with Crippen molar-refractivity contribution >= 4 is 174 Å². The van der Waals surface area contributed by atoms with Gasteiger partial charge in [-0.3, -0.25) is 0 Å². The van der Waals surface area contributed by atoms with Crippen LogP contribution in [0.15, 0.2) is 376 Å². The minimum absolute atomic E-state index is 1.03. The fraction of sp³-hybridized carbons (Fsp3) is 0. The lowest BCUT2D eigenvalue weighted by Crippen LogP contribution is -2.10. The number of rotatable bonds is 8. The van der Waals surface area contributed by atoms with Crippen molar-refractivity contribution in [1.29, 1.82) is 0 Å². The molecule has 110 heavy (non-hydrogen) atoms. The molecule has 25 rings (SSSR count). The Morgan fingerprint density at radius 1 is 0.100 bits per heavy atom. The summed E-state index contributed by atoms with van der Waals surface area (Å²) in [6.45, 7) is 0. The van der Waals surface area contributed by atoms with Gasteiger partial charge in [0.15, 0.2) is 0 Å². The van der Waals surface area contributed by atoms with Crippen molar-refractivity contribution in [1.82, 2.24) is 36.5 Å². The van der Waals surface area contributed by atoms with E-state index < -0.39 is 0 Å². The van der Waals surface area contributed by atoms with Gasteiger partial charge in [-0.25, -0.2) is 0 Å². The van der Waals surface area contributed by atoms with Crippen molar-refractivity contribution in [2.45, 2.75) is 0 Å². The number of nitrogens with zero attached hydrogens (tertiary/aromatic N) is 8. The van der Waals surface area contributed by atoms with Gasteiger partial charge >= 0.3 is 0 Å². The van der Waals surface area contributed by atoms with Crippen LogP contribution in [0, 0.1) is 0 Å². The Morgan fingerprint density at radius 3 is 0.409 bits per heavy atom. The van der Waals surface area contributed by atoms with Gasteiger partial charge in [0.2, 0.25) is 0 Å². The summed E-state index contributed by atoms with van der Waals surface area (Å²) in [5, 5.41) is 18.8. The summed E-state index contributed by atoms with van der Waals surface area (Å²) in [5.41, 5.74) is 26.7. The average molecular weight is 1400 g/mol. The van der Waals surface area contributed by atoms with Crippen LogP contribution in [0.2, 0.25) is 0 Å². The van der Waals surface area contributed by atoms with E-state index in [9.17, 15) is 0 Å². The number of aromatic nitrogens is 8. The summed E-state index contributed by atoms with van der Waals surface area (Å²) < 4.78 is 20.3. The minimum atomic E-state index is 1.03. The molecule has 0 aliphatic rings. The second-order valence-electron chi connectivity index (χ2n) is 29.5. The van der Waals surface area contributed by atoms with Gasteiger partial charge in [0.25, 0.3) is 0 Å². The lowest BCUT2D eigenvalue weighted by Gasteiger charge is -2.23. The van der Waals surface area contributed by atoms with Crippen molar-refractivity contribution < 1.29 is 0 Å². The number of benzene rings is 17. The highest BCUT2D eigenvalue weighted by Crippen LogP contribution is 2.50. The van der Waals surface area contributed by atoms with Gasteiger partial charge in [-0.05, 0) is 158 Å². The molecule has 8 nitrogen and oxygen atoms in total. The van der Waals surface area contributed by atoms with Crippen LogP contribution in [0.4, 0.5) is 0 Å². The molecule has 0 unspecified atom stereocenters. The molecule has 8 heteroatoms. The maximum Gasteiger partial charge on any atom is 0.0725 e. The third-order valence-corrected chi connectivity index (χ3v) is 24.0. The first-order chi connectivity index (χ1) is 54.6. The summed E-state index contributed by atoms with van der Waals surface area (Å²) >= 11 is 0. The fourth-order valence-electron chi connectivity index (χ4n) is 19.5. The lowest BCUT2D eigenvalue weighted by molar-refractivity contribution is 1.04. The van der Waals surface area contributed by atoms with Gasteiger partial charge in [-0.2, -0.15) is 0 Å². The van der Waals surface area contributed by atoms with Crippen molar-refractivity contribution in [3.05, 3.63) is 376 Å². The van der Waals surface area contributed by atoms with Crippen molar-refractivity contribution in [2.75, 3.05) is 0 Å². The Balaban J connectivity index is 0.899. The highest BCUT2D eigenvalue weighted by atomic mass is 15.1. The third-order valence-electron chi connectivity index (χ3n) is 24.0. The van der Waals surface area contributed by atoms with E-state index >= 15 is 0 Å². The van der Waals surface area contributed by atoms with Crippen LogP contribution in [-0.4, -0.2) is 36.5 Å². The number of hydrogen-bond donors (Lipinski definition) is 0. The quantitative estimate of drug-likeness (QED) is 0.145. The molecule has 0 atom stereocenters. The first kappa shape index (κ1) is 59.4. The van der Waals surface area contributed by atoms with Crippen LogP contribution in [0.25, 0.3) is 220 Å². The third kappa shape index (κ3) is 8.06. The number of para-hydroxylation sites is 12. The molecule has 0 saturated heterocycles. The zero-order valence-corrected chi connectivity index (χ0v) is 59.4. The summed E-state index contributed by atoms with van der Waals surface area (Å²) in [6, 6.07) is 141. The predicted molar refractivity (Wildman–Crippen MR) is 461 cm³/mol. The van der Waals surface area contributed by atoms with Crippen LogP contribution in [-0.2, 0) is 0 Å². The normalized spacial score (nSPS) is 12.4. The van der Waals surface area contributed by atoms with E-state index in [1.54, 1.807) is 0 Å². The molecule has 17 aromatic carbocycles. The zero-order valence-electron chi connectivity index (χ0n) is 59.4. The molecule has 0 fully saturated rings. The van der Waals surface area contributed by atoms with E-state index in [1.807, 2.05) is 0 Å². The Kier molecular flexibility index (Phi) is 12.1. The molecule has 0 spiro atoms. The SMILES string of the molecule is c1ccc(-n2c3ccccc3c3cc4c(cc32)c2ccccc2n4-c2cc(-n3c4ccccc4c4cc5c(cc43)c3ccccc3n5-c3ccccc3)c(-n3c4ccccc4c4cc5c(cc43)c3ccccc3n5-c3ccccc3)cc2-n2c3ccccc3c3cc4c(cc32)c2ccccc2n4-c2ccccc2)cc1. The van der Waals surface area contributed by atoms with Crippen molar-refractivity contribution in [3.8, 4) is 45.5 Å². The lowest BCUT2D eigenvalue weighted by atomic mass is 10.1. The van der Waals surface area contributed by atoms with Gasteiger partial charge in [-0.15, -0.1) is 0 Å². The highest BCUT2D eigenvalue weighted by Gasteiger charge is 2.30. The smallest absolute Gasteiger partial charge is 0.0725 e. The van der Waals surface area contributed by atoms with E-state index in [0.717, 1.165) is 155 Å². The van der Waals surface area contributed by atoms with Gasteiger partial charge < -0.3 is 36.5 Å². The Hall–Kier alpha value is -14.9. The molecule has 0 amide bonds. The molecule has 0 aliphatic heterocycles. The van der Waals surface area contributed by atoms with E-state index in [-0.39, 0.29) is 0 Å². The van der Waals surface area contributed by atoms with E-state index in [1.165, 1.54) is 64.6 Å². The second-order valence-corrected chi connectivity index (χ2v) is 29.5. The van der Waals surface area contributed by atoms with Gasteiger partial charge in [0, 0.05) is 109 Å². The summed E-state index contributed by atoms with van der Waals surface area (Å²) in [7, 11) is 0. The maximum atomic E-state index is 2.62. The van der Waals surface area contributed by atoms with Gasteiger partial charge in [0.1, 0.15) is 0 Å². The van der Waals surface area contributed by atoms with Crippen LogP contribution < -0.4 is 0 Å². The molecule has 0 aliphatic carbocycles. The maximum absolute atomic E-state index is 2.62. The molecular weight excluding hydrogens is 1340 g/mol. The van der Waals surface area contributed by atoms with Crippen molar-refractivity contribution in [3.63, 3.8) is 0 Å². The Morgan fingerprint density at radius 2 is 0.236 bits per heavy atom. The first-order valence-electron chi connectivity index (χ1n) is 37.9. The molecule has 8 heterocycles. The average Bonchev–Trinajstić information content (AvgIpc) is 1.53.